The topological polar surface area (TPSA) is 128 Å². The molecular formula is C20H23N3O7S. The van der Waals surface area contributed by atoms with Crippen LogP contribution in [0.4, 0.5) is 11.4 Å². The maximum Gasteiger partial charge on any atom is 0.271 e. The van der Waals surface area contributed by atoms with Crippen LogP contribution in [0.2, 0.25) is 0 Å². The van der Waals surface area contributed by atoms with Gasteiger partial charge in [0.2, 0.25) is 0 Å². The molecule has 0 spiro atoms. The number of morpholine rings is 1. The van der Waals surface area contributed by atoms with Gasteiger partial charge in [0.05, 0.1) is 34.8 Å². The second-order valence-electron chi connectivity index (χ2n) is 7.24. The molecule has 1 aliphatic rings. The Morgan fingerprint density at radius 1 is 1.19 bits per heavy atom. The lowest BCUT2D eigenvalue weighted by Crippen LogP contribution is -2.48. The zero-order chi connectivity index (χ0) is 22.8. The van der Waals surface area contributed by atoms with E-state index in [-0.39, 0.29) is 45.7 Å². The molecule has 0 bridgehead atoms. The summed E-state index contributed by atoms with van der Waals surface area (Å²) in [7, 11) is -2.82. The fourth-order valence-corrected chi connectivity index (χ4v) is 4.52. The van der Waals surface area contributed by atoms with E-state index in [1.165, 1.54) is 37.4 Å². The van der Waals surface area contributed by atoms with Crippen molar-refractivity contribution in [1.82, 2.24) is 4.90 Å². The summed E-state index contributed by atoms with van der Waals surface area (Å²) in [5.41, 5.74) is -0.155. The Balaban J connectivity index is 1.89. The van der Waals surface area contributed by atoms with E-state index in [4.69, 9.17) is 9.47 Å². The van der Waals surface area contributed by atoms with Crippen LogP contribution >= 0.6 is 0 Å². The first-order chi connectivity index (χ1) is 14.6. The monoisotopic (exact) mass is 449 g/mol. The first-order valence-corrected chi connectivity index (χ1v) is 11.0. The first-order valence-electron chi connectivity index (χ1n) is 9.50. The van der Waals surface area contributed by atoms with Crippen molar-refractivity contribution in [3.63, 3.8) is 0 Å². The summed E-state index contributed by atoms with van der Waals surface area (Å²) >= 11 is 0. The van der Waals surface area contributed by atoms with E-state index >= 15 is 0 Å². The van der Waals surface area contributed by atoms with E-state index in [2.05, 4.69) is 4.72 Å². The van der Waals surface area contributed by atoms with Crippen molar-refractivity contribution in [2.45, 2.75) is 31.0 Å². The minimum atomic E-state index is -4.14. The normalized spacial score (nSPS) is 19.0. The Hall–Kier alpha value is -3.18. The third-order valence-corrected chi connectivity index (χ3v) is 6.10. The highest BCUT2D eigenvalue weighted by atomic mass is 32.2. The van der Waals surface area contributed by atoms with Gasteiger partial charge >= 0.3 is 0 Å². The fraction of sp³-hybridized carbons (Fsp3) is 0.350. The molecule has 10 nitrogen and oxygen atoms in total. The van der Waals surface area contributed by atoms with Gasteiger partial charge in [-0.2, -0.15) is 0 Å². The maximum absolute atomic E-state index is 12.9. The quantitative estimate of drug-likeness (QED) is 0.530. The number of nitro benzene ring substituents is 1. The van der Waals surface area contributed by atoms with Crippen LogP contribution in [-0.2, 0) is 14.8 Å². The fourth-order valence-electron chi connectivity index (χ4n) is 3.42. The van der Waals surface area contributed by atoms with E-state index in [1.807, 2.05) is 13.8 Å². The second-order valence-corrected chi connectivity index (χ2v) is 8.92. The first kappa shape index (κ1) is 22.5. The third-order valence-electron chi connectivity index (χ3n) is 4.74. The molecule has 1 aliphatic heterocycles. The van der Waals surface area contributed by atoms with Crippen molar-refractivity contribution in [3.8, 4) is 5.75 Å². The van der Waals surface area contributed by atoms with Crippen molar-refractivity contribution < 1.29 is 27.6 Å². The Morgan fingerprint density at radius 3 is 2.48 bits per heavy atom. The molecule has 0 radical (unpaired) electrons. The number of sulfonamides is 1. The number of methoxy groups -OCH3 is 1. The molecule has 166 valence electrons. The minimum absolute atomic E-state index is 0.0794. The Bertz CT molecular complexity index is 1090. The van der Waals surface area contributed by atoms with E-state index < -0.39 is 14.9 Å². The van der Waals surface area contributed by atoms with Gasteiger partial charge in [-0.15, -0.1) is 0 Å². The summed E-state index contributed by atoms with van der Waals surface area (Å²) in [5, 5.41) is 11.0. The number of nitrogens with zero attached hydrogens (tertiary/aromatic N) is 2. The highest BCUT2D eigenvalue weighted by Crippen LogP contribution is 2.31. The lowest BCUT2D eigenvalue weighted by Gasteiger charge is -2.35. The Kier molecular flexibility index (Phi) is 6.46. The molecule has 31 heavy (non-hydrogen) atoms. The molecule has 1 amide bonds. The molecule has 0 aromatic heterocycles. The summed E-state index contributed by atoms with van der Waals surface area (Å²) in [6.45, 7) is 4.55. The lowest BCUT2D eigenvalue weighted by atomic mass is 10.1. The van der Waals surface area contributed by atoms with Crippen LogP contribution in [-0.4, -0.2) is 56.6 Å². The van der Waals surface area contributed by atoms with Crippen LogP contribution in [0, 0.1) is 10.1 Å². The average molecular weight is 449 g/mol. The highest BCUT2D eigenvalue weighted by molar-refractivity contribution is 7.92. The van der Waals surface area contributed by atoms with Crippen LogP contribution in [0.25, 0.3) is 0 Å². The van der Waals surface area contributed by atoms with E-state index in [0.717, 1.165) is 6.07 Å². The largest absolute Gasteiger partial charge is 0.495 e. The van der Waals surface area contributed by atoms with Gasteiger partial charge in [0, 0.05) is 30.8 Å². The summed E-state index contributed by atoms with van der Waals surface area (Å²) in [6.07, 6.45) is -0.245. The molecular weight excluding hydrogens is 426 g/mol. The lowest BCUT2D eigenvalue weighted by molar-refractivity contribution is -0.384. The maximum atomic E-state index is 12.9. The number of rotatable bonds is 6. The van der Waals surface area contributed by atoms with E-state index in [0.29, 0.717) is 13.1 Å². The molecule has 1 saturated heterocycles. The van der Waals surface area contributed by atoms with Crippen molar-refractivity contribution in [2.24, 2.45) is 0 Å². The standard InChI is InChI=1S/C20H23N3O7S/c1-13-11-22(12-14(2)30-13)20(24)15-5-4-6-17(9-15)31(27,28)21-18-10-16(23(25)26)7-8-19(18)29-3/h4-10,13-14,21H,11-12H2,1-3H3. The summed E-state index contributed by atoms with van der Waals surface area (Å²) < 4.78 is 38.9. The molecule has 3 rings (SSSR count). The van der Waals surface area contributed by atoms with Gasteiger partial charge in [0.15, 0.2) is 0 Å². The van der Waals surface area contributed by atoms with Gasteiger partial charge in [0.25, 0.3) is 21.6 Å². The number of hydrogen-bond donors (Lipinski definition) is 1. The molecule has 11 heteroatoms. The molecule has 2 atom stereocenters. The van der Waals surface area contributed by atoms with Gasteiger partial charge in [-0.25, -0.2) is 8.42 Å². The van der Waals surface area contributed by atoms with Crippen LogP contribution < -0.4 is 9.46 Å². The van der Waals surface area contributed by atoms with Gasteiger partial charge in [0.1, 0.15) is 5.75 Å². The number of hydrogen-bond acceptors (Lipinski definition) is 7. The predicted molar refractivity (Wildman–Crippen MR) is 113 cm³/mol. The van der Waals surface area contributed by atoms with Crippen LogP contribution in [0.3, 0.4) is 0 Å². The molecule has 2 aromatic rings. The molecule has 0 aliphatic carbocycles. The summed E-state index contributed by atoms with van der Waals surface area (Å²) in [4.78, 5) is 24.8. The molecule has 1 N–H and O–H groups in total. The number of anilines is 1. The molecule has 1 fully saturated rings. The molecule has 0 saturated carbocycles. The molecule has 2 unspecified atom stereocenters. The van der Waals surface area contributed by atoms with Crippen LogP contribution in [0.15, 0.2) is 47.4 Å². The summed E-state index contributed by atoms with van der Waals surface area (Å²) in [6, 6.07) is 9.21. The predicted octanol–water partition coefficient (Wildman–Crippen LogP) is 2.65. The van der Waals surface area contributed by atoms with Gasteiger partial charge in [-0.3, -0.25) is 19.6 Å². The Morgan fingerprint density at radius 2 is 1.87 bits per heavy atom. The minimum Gasteiger partial charge on any atom is -0.495 e. The molecule has 1 heterocycles. The highest BCUT2D eigenvalue weighted by Gasteiger charge is 2.27. The second kappa shape index (κ2) is 8.90. The van der Waals surface area contributed by atoms with Gasteiger partial charge < -0.3 is 14.4 Å². The summed E-state index contributed by atoms with van der Waals surface area (Å²) in [5.74, 6) is -0.176. The number of amides is 1. The smallest absolute Gasteiger partial charge is 0.271 e. The number of ether oxygens (including phenoxy) is 2. The van der Waals surface area contributed by atoms with Gasteiger partial charge in [-0.1, -0.05) is 6.07 Å². The van der Waals surface area contributed by atoms with Crippen molar-refractivity contribution >= 4 is 27.3 Å². The zero-order valence-electron chi connectivity index (χ0n) is 17.3. The number of carbonyl (C=O) groups excluding carboxylic acids is 1. The van der Waals surface area contributed by atoms with Gasteiger partial charge in [-0.05, 0) is 38.1 Å². The van der Waals surface area contributed by atoms with Crippen LogP contribution in [0.5, 0.6) is 5.75 Å². The number of nitrogens with one attached hydrogen (secondary N) is 1. The number of carbonyl (C=O) groups is 1. The van der Waals surface area contributed by atoms with Crippen molar-refractivity contribution in [1.29, 1.82) is 0 Å². The SMILES string of the molecule is COc1ccc([N+](=O)[O-])cc1NS(=O)(=O)c1cccc(C(=O)N2CC(C)OC(C)C2)c1. The zero-order valence-corrected chi connectivity index (χ0v) is 18.1. The number of non-ortho nitro benzene ring substituents is 1. The van der Waals surface area contributed by atoms with E-state index in [9.17, 15) is 23.3 Å². The number of nitro groups is 1. The Labute approximate surface area is 180 Å². The van der Waals surface area contributed by atoms with Crippen molar-refractivity contribution in [3.05, 3.63) is 58.1 Å². The average Bonchev–Trinajstić information content (AvgIpc) is 2.72. The van der Waals surface area contributed by atoms with Crippen molar-refractivity contribution in [2.75, 3.05) is 24.9 Å². The third kappa shape index (κ3) is 5.12. The van der Waals surface area contributed by atoms with E-state index in [1.54, 1.807) is 11.0 Å². The number of benzene rings is 2. The molecule has 2 aromatic carbocycles. The van der Waals surface area contributed by atoms with Crippen LogP contribution in [0.1, 0.15) is 24.2 Å².